The number of esters is 1. The summed E-state index contributed by atoms with van der Waals surface area (Å²) in [6, 6.07) is 0. The van der Waals surface area contributed by atoms with Gasteiger partial charge < -0.3 is 9.26 Å². The van der Waals surface area contributed by atoms with Gasteiger partial charge in [-0.15, -0.1) is 0 Å². The fourth-order valence-corrected chi connectivity index (χ4v) is 0.748. The normalized spacial score (nSPS) is 10.5. The van der Waals surface area contributed by atoms with Crippen LogP contribution in [-0.2, 0) is 4.74 Å². The second-order valence-electron chi connectivity index (χ2n) is 2.83. The molecule has 0 N–H and O–H groups in total. The quantitative estimate of drug-likeness (QED) is 0.664. The molecule has 0 amide bonds. The molecular weight excluding hydrogens is 172 g/mol. The summed E-state index contributed by atoms with van der Waals surface area (Å²) >= 11 is 0. The van der Waals surface area contributed by atoms with Crippen LogP contribution in [0.3, 0.4) is 0 Å². The van der Waals surface area contributed by atoms with E-state index < -0.39 is 5.97 Å². The molecule has 0 fully saturated rings. The van der Waals surface area contributed by atoms with Crippen molar-refractivity contribution in [2.45, 2.75) is 26.7 Å². The van der Waals surface area contributed by atoms with Gasteiger partial charge in [-0.1, -0.05) is 13.8 Å². The molecule has 0 spiro atoms. The van der Waals surface area contributed by atoms with E-state index in [9.17, 15) is 4.79 Å². The number of hydrogen-bond donors (Lipinski definition) is 0. The Balaban J connectivity index is 2.73. The summed E-state index contributed by atoms with van der Waals surface area (Å²) < 4.78 is 9.53. The van der Waals surface area contributed by atoms with E-state index in [0.717, 1.165) is 0 Å². The van der Waals surface area contributed by atoms with Gasteiger partial charge in [0.15, 0.2) is 0 Å². The molecule has 0 aliphatic rings. The monoisotopic (exact) mass is 184 g/mol. The Bertz CT molecular complexity index is 293. The van der Waals surface area contributed by atoms with Gasteiger partial charge >= 0.3 is 5.97 Å². The molecule has 1 aromatic heterocycles. The average Bonchev–Trinajstić information content (AvgIpc) is 2.52. The van der Waals surface area contributed by atoms with Crippen LogP contribution in [-0.4, -0.2) is 22.7 Å². The van der Waals surface area contributed by atoms with Gasteiger partial charge in [0.25, 0.3) is 5.82 Å². The minimum Gasteiger partial charge on any atom is -0.460 e. The lowest BCUT2D eigenvalue weighted by Gasteiger charge is -1.94. The number of carbonyl (C=O) groups is 1. The molecule has 1 heterocycles. The summed E-state index contributed by atoms with van der Waals surface area (Å²) in [6.07, 6.45) is 0. The third-order valence-electron chi connectivity index (χ3n) is 1.39. The fraction of sp³-hybridized carbons (Fsp3) is 0.625. The molecule has 5 heteroatoms. The maximum atomic E-state index is 11.1. The summed E-state index contributed by atoms with van der Waals surface area (Å²) in [5, 5.41) is 3.50. The number of carbonyl (C=O) groups excluding carboxylic acids is 1. The number of hydrogen-bond acceptors (Lipinski definition) is 5. The Hall–Kier alpha value is -1.39. The second kappa shape index (κ2) is 4.02. The molecule has 0 atom stereocenters. The van der Waals surface area contributed by atoms with Crippen LogP contribution in [0.15, 0.2) is 4.52 Å². The average molecular weight is 184 g/mol. The molecule has 0 aliphatic heterocycles. The van der Waals surface area contributed by atoms with E-state index in [1.807, 2.05) is 13.8 Å². The van der Waals surface area contributed by atoms with Crippen molar-refractivity contribution in [3.8, 4) is 0 Å². The van der Waals surface area contributed by atoms with Gasteiger partial charge in [-0.3, -0.25) is 0 Å². The predicted octanol–water partition coefficient (Wildman–Crippen LogP) is 1.37. The fourth-order valence-electron chi connectivity index (χ4n) is 0.748. The van der Waals surface area contributed by atoms with Crippen molar-refractivity contribution in [1.82, 2.24) is 10.1 Å². The molecule has 0 aliphatic carbocycles. The van der Waals surface area contributed by atoms with Gasteiger partial charge in [0, 0.05) is 5.92 Å². The maximum absolute atomic E-state index is 11.1. The third kappa shape index (κ3) is 2.27. The van der Waals surface area contributed by atoms with Crippen molar-refractivity contribution >= 4 is 5.97 Å². The Morgan fingerprint density at radius 2 is 2.31 bits per heavy atom. The first-order chi connectivity index (χ1) is 6.15. The van der Waals surface area contributed by atoms with E-state index in [1.165, 1.54) is 0 Å². The van der Waals surface area contributed by atoms with Crippen LogP contribution in [0.1, 0.15) is 43.2 Å². The van der Waals surface area contributed by atoms with Gasteiger partial charge in [-0.2, -0.15) is 4.98 Å². The summed E-state index contributed by atoms with van der Waals surface area (Å²) in [6.45, 7) is 5.84. The maximum Gasteiger partial charge on any atom is 0.379 e. The van der Waals surface area contributed by atoms with Gasteiger partial charge in [-0.05, 0) is 12.1 Å². The summed E-state index contributed by atoms with van der Waals surface area (Å²) in [7, 11) is 0. The topological polar surface area (TPSA) is 65.2 Å². The molecule has 5 nitrogen and oxygen atoms in total. The summed E-state index contributed by atoms with van der Waals surface area (Å²) in [5.41, 5.74) is 0. The van der Waals surface area contributed by atoms with Crippen LogP contribution in [0, 0.1) is 0 Å². The van der Waals surface area contributed by atoms with E-state index in [1.54, 1.807) is 6.92 Å². The highest BCUT2D eigenvalue weighted by molar-refractivity contribution is 5.84. The highest BCUT2D eigenvalue weighted by Crippen LogP contribution is 2.10. The van der Waals surface area contributed by atoms with Crippen molar-refractivity contribution in [1.29, 1.82) is 0 Å². The van der Waals surface area contributed by atoms with Crippen LogP contribution in [0.2, 0.25) is 0 Å². The Kier molecular flexibility index (Phi) is 3.00. The van der Waals surface area contributed by atoms with E-state index in [0.29, 0.717) is 12.5 Å². The lowest BCUT2D eigenvalue weighted by molar-refractivity contribution is 0.0508. The van der Waals surface area contributed by atoms with Crippen LogP contribution >= 0.6 is 0 Å². The smallest absolute Gasteiger partial charge is 0.379 e. The SMILES string of the molecule is CCOC(=O)c1noc(C(C)C)n1. The summed E-state index contributed by atoms with van der Waals surface area (Å²) in [5.74, 6) is 0.0161. The van der Waals surface area contributed by atoms with Crippen molar-refractivity contribution in [2.24, 2.45) is 0 Å². The van der Waals surface area contributed by atoms with Crippen molar-refractivity contribution < 1.29 is 14.1 Å². The van der Waals surface area contributed by atoms with E-state index in [-0.39, 0.29) is 11.7 Å². The van der Waals surface area contributed by atoms with Gasteiger partial charge in [0.1, 0.15) is 0 Å². The Morgan fingerprint density at radius 1 is 1.62 bits per heavy atom. The number of rotatable bonds is 3. The molecule has 13 heavy (non-hydrogen) atoms. The Morgan fingerprint density at radius 3 is 2.77 bits per heavy atom. The third-order valence-corrected chi connectivity index (χ3v) is 1.39. The highest BCUT2D eigenvalue weighted by atomic mass is 16.5. The highest BCUT2D eigenvalue weighted by Gasteiger charge is 2.16. The molecule has 0 aromatic carbocycles. The molecule has 0 radical (unpaired) electrons. The van der Waals surface area contributed by atoms with E-state index in [4.69, 9.17) is 9.26 Å². The van der Waals surface area contributed by atoms with Gasteiger partial charge in [0.2, 0.25) is 5.89 Å². The molecule has 0 unspecified atom stereocenters. The van der Waals surface area contributed by atoms with E-state index in [2.05, 4.69) is 10.1 Å². The van der Waals surface area contributed by atoms with Crippen molar-refractivity contribution in [3.63, 3.8) is 0 Å². The molecule has 0 bridgehead atoms. The zero-order chi connectivity index (χ0) is 9.84. The lowest BCUT2D eigenvalue weighted by Crippen LogP contribution is -2.06. The Labute approximate surface area is 76.1 Å². The number of aromatic nitrogens is 2. The predicted molar refractivity (Wildman–Crippen MR) is 44.3 cm³/mol. The zero-order valence-corrected chi connectivity index (χ0v) is 7.90. The van der Waals surface area contributed by atoms with Crippen LogP contribution < -0.4 is 0 Å². The van der Waals surface area contributed by atoms with Crippen LogP contribution in [0.5, 0.6) is 0 Å². The first kappa shape index (κ1) is 9.70. The minimum atomic E-state index is -0.543. The van der Waals surface area contributed by atoms with Crippen molar-refractivity contribution in [3.05, 3.63) is 11.7 Å². The van der Waals surface area contributed by atoms with Gasteiger partial charge in [-0.25, -0.2) is 4.79 Å². The molecule has 1 aromatic rings. The first-order valence-electron chi connectivity index (χ1n) is 4.15. The minimum absolute atomic E-state index is 0.00875. The first-order valence-corrected chi connectivity index (χ1v) is 4.15. The van der Waals surface area contributed by atoms with Crippen LogP contribution in [0.4, 0.5) is 0 Å². The molecule has 1 rings (SSSR count). The standard InChI is InChI=1S/C8H12N2O3/c1-4-12-8(11)6-9-7(5(2)3)13-10-6/h5H,4H2,1-3H3. The second-order valence-corrected chi connectivity index (χ2v) is 2.83. The molecule has 0 saturated heterocycles. The lowest BCUT2D eigenvalue weighted by atomic mass is 10.2. The largest absolute Gasteiger partial charge is 0.460 e. The summed E-state index contributed by atoms with van der Waals surface area (Å²) in [4.78, 5) is 14.9. The van der Waals surface area contributed by atoms with E-state index >= 15 is 0 Å². The molecule has 0 saturated carbocycles. The number of ether oxygens (including phenoxy) is 1. The van der Waals surface area contributed by atoms with Crippen molar-refractivity contribution in [2.75, 3.05) is 6.61 Å². The van der Waals surface area contributed by atoms with Gasteiger partial charge in [0.05, 0.1) is 6.61 Å². The number of nitrogens with zero attached hydrogens (tertiary/aromatic N) is 2. The zero-order valence-electron chi connectivity index (χ0n) is 7.90. The molecular formula is C8H12N2O3. The van der Waals surface area contributed by atoms with Crippen LogP contribution in [0.25, 0.3) is 0 Å². The molecule has 72 valence electrons.